The lowest BCUT2D eigenvalue weighted by Crippen LogP contribution is -2.34. The first-order valence-electron chi connectivity index (χ1n) is 14.7. The Morgan fingerprint density at radius 1 is 0.907 bits per heavy atom. The Morgan fingerprint density at radius 3 is 2.35 bits per heavy atom. The average Bonchev–Trinajstić information content (AvgIpc) is 3.23. The van der Waals surface area contributed by atoms with E-state index in [0.29, 0.717) is 55.1 Å². The van der Waals surface area contributed by atoms with Crippen molar-refractivity contribution in [3.8, 4) is 17.2 Å². The molecule has 4 unspecified atom stereocenters. The van der Waals surface area contributed by atoms with Crippen LogP contribution in [0.1, 0.15) is 58.4 Å². The SMILES string of the molecule is COc1cc2cc(c1OC)OCCCC(OC(=O)c1cccc(C(F)(F)P)c1)CCN1CCCN(CCCOC2=O)CC1. The van der Waals surface area contributed by atoms with Crippen LogP contribution in [0, 0.1) is 0 Å². The maximum atomic E-state index is 13.9. The Kier molecular flexibility index (Phi) is 12.0. The normalized spacial score (nSPS) is 22.5. The molecule has 0 aromatic heterocycles. The molecule has 9 nitrogen and oxygen atoms in total. The van der Waals surface area contributed by atoms with Crippen LogP contribution in [0.5, 0.6) is 17.2 Å². The van der Waals surface area contributed by atoms with Crippen LogP contribution < -0.4 is 14.2 Å². The molecular formula is C31H41F2N2O7P. The van der Waals surface area contributed by atoms with E-state index in [1.807, 2.05) is 0 Å². The van der Waals surface area contributed by atoms with Gasteiger partial charge in [-0.25, -0.2) is 9.59 Å². The second-order valence-electron chi connectivity index (χ2n) is 10.7. The lowest BCUT2D eigenvalue weighted by Gasteiger charge is -2.25. The molecule has 236 valence electrons. The zero-order chi connectivity index (χ0) is 30.8. The number of methoxy groups -OCH3 is 2. The Bertz CT molecular complexity index is 1240. The number of carbonyl (C=O) groups is 2. The van der Waals surface area contributed by atoms with Gasteiger partial charge in [-0.2, -0.15) is 8.78 Å². The highest BCUT2D eigenvalue weighted by atomic mass is 31.0. The van der Waals surface area contributed by atoms with Crippen LogP contribution in [0.15, 0.2) is 36.4 Å². The van der Waals surface area contributed by atoms with Crippen molar-refractivity contribution >= 4 is 21.2 Å². The van der Waals surface area contributed by atoms with Crippen LogP contribution >= 0.6 is 9.24 Å². The van der Waals surface area contributed by atoms with Gasteiger partial charge in [-0.15, -0.1) is 0 Å². The molecule has 1 fully saturated rings. The molecule has 2 aromatic carbocycles. The van der Waals surface area contributed by atoms with E-state index in [0.717, 1.165) is 45.7 Å². The van der Waals surface area contributed by atoms with Crippen LogP contribution in [0.3, 0.4) is 0 Å². The van der Waals surface area contributed by atoms with Gasteiger partial charge in [-0.1, -0.05) is 21.4 Å². The maximum Gasteiger partial charge on any atom is 0.338 e. The van der Waals surface area contributed by atoms with Gasteiger partial charge in [0.2, 0.25) is 5.75 Å². The predicted molar refractivity (Wildman–Crippen MR) is 161 cm³/mol. The largest absolute Gasteiger partial charge is 0.493 e. The minimum absolute atomic E-state index is 0.0809. The van der Waals surface area contributed by atoms with Crippen molar-refractivity contribution in [1.29, 1.82) is 0 Å². The molecule has 0 spiro atoms. The molecule has 0 amide bonds. The van der Waals surface area contributed by atoms with E-state index in [9.17, 15) is 18.4 Å². The molecule has 2 heterocycles. The molecule has 43 heavy (non-hydrogen) atoms. The van der Waals surface area contributed by atoms with Crippen molar-refractivity contribution in [3.05, 3.63) is 53.1 Å². The van der Waals surface area contributed by atoms with Crippen molar-refractivity contribution in [3.63, 3.8) is 0 Å². The lowest BCUT2D eigenvalue weighted by molar-refractivity contribution is 0.0221. The zero-order valence-corrected chi connectivity index (χ0v) is 26.0. The third kappa shape index (κ3) is 9.49. The molecule has 0 aliphatic carbocycles. The quantitative estimate of drug-likeness (QED) is 0.339. The van der Waals surface area contributed by atoms with Gasteiger partial charge in [0.1, 0.15) is 6.10 Å². The summed E-state index contributed by atoms with van der Waals surface area (Å²) in [6.07, 6.45) is 2.88. The number of hydrogen-bond donors (Lipinski definition) is 0. The summed E-state index contributed by atoms with van der Waals surface area (Å²) in [5.74, 6) is -0.0769. The van der Waals surface area contributed by atoms with E-state index in [1.165, 1.54) is 47.7 Å². The topological polar surface area (TPSA) is 86.8 Å². The van der Waals surface area contributed by atoms with Gasteiger partial charge in [0.15, 0.2) is 11.5 Å². The lowest BCUT2D eigenvalue weighted by atomic mass is 10.1. The van der Waals surface area contributed by atoms with Crippen LogP contribution in [-0.2, 0) is 15.1 Å². The van der Waals surface area contributed by atoms with E-state index in [-0.39, 0.29) is 17.7 Å². The highest BCUT2D eigenvalue weighted by molar-refractivity contribution is 7.17. The molecule has 0 saturated carbocycles. The first kappa shape index (κ1) is 32.9. The molecule has 0 radical (unpaired) electrons. The van der Waals surface area contributed by atoms with Crippen molar-refractivity contribution in [2.75, 3.05) is 66.7 Å². The summed E-state index contributed by atoms with van der Waals surface area (Å²) in [4.78, 5) is 30.7. The average molecular weight is 623 g/mol. The van der Waals surface area contributed by atoms with Gasteiger partial charge < -0.3 is 33.5 Å². The van der Waals surface area contributed by atoms with Crippen LogP contribution in [0.25, 0.3) is 0 Å². The summed E-state index contributed by atoms with van der Waals surface area (Å²) in [5.41, 5.74) is -3.05. The van der Waals surface area contributed by atoms with Gasteiger partial charge in [0.05, 0.1) is 38.6 Å². The molecular weight excluding hydrogens is 581 g/mol. The third-order valence-corrected chi connectivity index (χ3v) is 8.00. The number of hydrogen-bond acceptors (Lipinski definition) is 9. The highest BCUT2D eigenvalue weighted by Crippen LogP contribution is 2.39. The number of alkyl halides is 2. The zero-order valence-electron chi connectivity index (χ0n) is 24.8. The number of esters is 2. The van der Waals surface area contributed by atoms with E-state index in [4.69, 9.17) is 23.7 Å². The van der Waals surface area contributed by atoms with E-state index in [2.05, 4.69) is 9.80 Å². The van der Waals surface area contributed by atoms with Gasteiger partial charge in [0.25, 0.3) is 5.66 Å². The van der Waals surface area contributed by atoms with Gasteiger partial charge in [-0.05, 0) is 69.5 Å². The number of halogens is 2. The number of fused-ring (bicyclic) bond motifs is 5. The number of benzene rings is 2. The third-order valence-electron chi connectivity index (χ3n) is 7.67. The van der Waals surface area contributed by atoms with Gasteiger partial charge in [0, 0.05) is 31.7 Å². The Morgan fingerprint density at radius 2 is 1.63 bits per heavy atom. The monoisotopic (exact) mass is 622 g/mol. The summed E-state index contributed by atoms with van der Waals surface area (Å²) < 4.78 is 56.1. The maximum absolute atomic E-state index is 13.9. The minimum atomic E-state index is -3.15. The fraction of sp³-hybridized carbons (Fsp3) is 0.548. The summed E-state index contributed by atoms with van der Waals surface area (Å²) >= 11 is 0. The fourth-order valence-electron chi connectivity index (χ4n) is 5.32. The summed E-state index contributed by atoms with van der Waals surface area (Å²) in [5, 5.41) is 0. The number of nitrogens with zero attached hydrogens (tertiary/aromatic N) is 2. The van der Waals surface area contributed by atoms with Gasteiger partial charge >= 0.3 is 11.9 Å². The molecule has 4 rings (SSSR count). The Hall–Kier alpha value is -3.01. The standard InChI is InChI=1S/C31H41F2N2O7P/c1-38-26-20-23-21-27(28(26)39-2)40-17-4-9-25(42-30(37)22-7-3-8-24(19-22)31(32,33)43)10-14-35-12-5-11-34(15-16-35)13-6-18-41-29(23)36/h3,7-8,19-21,25H,4-6,9-18,43H2,1-2H3. The van der Waals surface area contributed by atoms with Crippen molar-refractivity contribution < 1.29 is 42.1 Å². The second-order valence-corrected chi connectivity index (χ2v) is 11.5. The molecule has 2 aliphatic rings. The smallest absolute Gasteiger partial charge is 0.338 e. The fourth-order valence-corrected chi connectivity index (χ4v) is 5.50. The number of carbonyl (C=O) groups excluding carboxylic acids is 2. The van der Waals surface area contributed by atoms with E-state index >= 15 is 0 Å². The Balaban J connectivity index is 1.52. The summed E-state index contributed by atoms with van der Waals surface area (Å²) in [6.45, 7) is 5.75. The first-order valence-corrected chi connectivity index (χ1v) is 15.2. The van der Waals surface area contributed by atoms with E-state index < -0.39 is 23.7 Å². The second kappa shape index (κ2) is 15.6. The first-order chi connectivity index (χ1) is 20.7. The molecule has 12 heteroatoms. The molecule has 2 aliphatic heterocycles. The number of ether oxygens (including phenoxy) is 5. The van der Waals surface area contributed by atoms with Crippen molar-refractivity contribution in [2.24, 2.45) is 0 Å². The van der Waals surface area contributed by atoms with E-state index in [1.54, 1.807) is 12.1 Å². The van der Waals surface area contributed by atoms with Gasteiger partial charge in [-0.3, -0.25) is 0 Å². The Labute approximate surface area is 253 Å². The molecule has 1 saturated heterocycles. The minimum Gasteiger partial charge on any atom is -0.493 e. The molecule has 4 bridgehead atoms. The molecule has 2 aromatic rings. The summed E-state index contributed by atoms with van der Waals surface area (Å²) in [6, 6.07) is 8.50. The number of cyclic esters (lactones) is 1. The van der Waals surface area contributed by atoms with Crippen molar-refractivity contribution in [2.45, 2.75) is 43.9 Å². The summed E-state index contributed by atoms with van der Waals surface area (Å²) in [7, 11) is 4.46. The van der Waals surface area contributed by atoms with Crippen LogP contribution in [0.4, 0.5) is 8.78 Å². The highest BCUT2D eigenvalue weighted by Gasteiger charge is 2.27. The van der Waals surface area contributed by atoms with Crippen LogP contribution in [0.2, 0.25) is 0 Å². The predicted octanol–water partition coefficient (Wildman–Crippen LogP) is 4.97. The van der Waals surface area contributed by atoms with Crippen molar-refractivity contribution in [1.82, 2.24) is 9.80 Å². The molecule has 0 N–H and O–H groups in total. The van der Waals surface area contributed by atoms with Crippen LogP contribution in [-0.4, -0.2) is 94.5 Å². The molecule has 4 atom stereocenters. The number of rotatable bonds is 5.